The van der Waals surface area contributed by atoms with Crippen molar-refractivity contribution in [1.82, 2.24) is 4.90 Å². The van der Waals surface area contributed by atoms with Crippen LogP contribution in [0.25, 0.3) is 0 Å². The van der Waals surface area contributed by atoms with Gasteiger partial charge in [0.25, 0.3) is 0 Å². The number of halogens is 2. The average Bonchev–Trinajstić information content (AvgIpc) is 3.00. The highest BCUT2D eigenvalue weighted by atomic mass is 35.5. The molecular weight excluding hydrogens is 437 g/mol. The molecule has 0 aliphatic carbocycles. The molecule has 0 aromatic heterocycles. The number of nitrogens with zero attached hydrogens (tertiary/aromatic N) is 1. The molecule has 1 heterocycles. The lowest BCUT2D eigenvalue weighted by atomic mass is 9.81. The summed E-state index contributed by atoms with van der Waals surface area (Å²) in [7, 11) is 0. The second-order valence-corrected chi connectivity index (χ2v) is 9.26. The number of likely N-dealkylation sites (tertiary alicyclic amines) is 1. The summed E-state index contributed by atoms with van der Waals surface area (Å²) in [5, 5.41) is 22.0. The van der Waals surface area contributed by atoms with E-state index in [1.807, 2.05) is 19.9 Å². The Balaban J connectivity index is 1.91. The zero-order valence-corrected chi connectivity index (χ0v) is 19.1. The highest BCUT2D eigenvalue weighted by Crippen LogP contribution is 2.40. The third-order valence-corrected chi connectivity index (χ3v) is 6.46. The molecule has 2 N–H and O–H groups in total. The number of carbonyl (C=O) groups is 2. The first-order chi connectivity index (χ1) is 14.7. The van der Waals surface area contributed by atoms with Crippen LogP contribution < -0.4 is 0 Å². The van der Waals surface area contributed by atoms with Crippen LogP contribution in [0.5, 0.6) is 0 Å². The predicted octanol–water partition coefficient (Wildman–Crippen LogP) is 4.59. The Morgan fingerprint density at radius 3 is 2.29 bits per heavy atom. The van der Waals surface area contributed by atoms with E-state index in [-0.39, 0.29) is 37.2 Å². The lowest BCUT2D eigenvalue weighted by Gasteiger charge is -2.29. The van der Waals surface area contributed by atoms with Crippen molar-refractivity contribution in [3.05, 3.63) is 69.7 Å². The van der Waals surface area contributed by atoms with Gasteiger partial charge in [0.05, 0.1) is 18.8 Å². The van der Waals surface area contributed by atoms with Crippen LogP contribution >= 0.6 is 23.2 Å². The first kappa shape index (κ1) is 23.7. The molecule has 5 nitrogen and oxygen atoms in total. The van der Waals surface area contributed by atoms with Crippen molar-refractivity contribution in [2.75, 3.05) is 6.61 Å². The third kappa shape index (κ3) is 5.29. The van der Waals surface area contributed by atoms with Crippen LogP contribution in [0.3, 0.4) is 0 Å². The van der Waals surface area contributed by atoms with Gasteiger partial charge in [0.15, 0.2) is 0 Å². The van der Waals surface area contributed by atoms with E-state index in [2.05, 4.69) is 0 Å². The maximum atomic E-state index is 13.1. The van der Waals surface area contributed by atoms with Gasteiger partial charge in [-0.3, -0.25) is 14.5 Å². The van der Waals surface area contributed by atoms with E-state index < -0.39 is 24.0 Å². The Kier molecular flexibility index (Phi) is 7.76. The van der Waals surface area contributed by atoms with Crippen LogP contribution in [0.15, 0.2) is 48.5 Å². The Morgan fingerprint density at radius 2 is 1.71 bits per heavy atom. The van der Waals surface area contributed by atoms with Gasteiger partial charge in [-0.05, 0) is 47.7 Å². The topological polar surface area (TPSA) is 77.8 Å². The van der Waals surface area contributed by atoms with Gasteiger partial charge in [0.1, 0.15) is 0 Å². The highest BCUT2D eigenvalue weighted by Gasteiger charge is 2.44. The van der Waals surface area contributed by atoms with Crippen molar-refractivity contribution >= 4 is 35.0 Å². The van der Waals surface area contributed by atoms with Crippen LogP contribution in [-0.4, -0.2) is 39.6 Å². The number of imide groups is 1. The fourth-order valence-electron chi connectivity index (χ4n) is 4.22. The molecule has 1 fully saturated rings. The fraction of sp³-hybridized carbons (Fsp3) is 0.417. The van der Waals surface area contributed by atoms with Gasteiger partial charge in [-0.15, -0.1) is 0 Å². The minimum absolute atomic E-state index is 0.0555. The predicted molar refractivity (Wildman–Crippen MR) is 121 cm³/mol. The second kappa shape index (κ2) is 10.1. The zero-order valence-electron chi connectivity index (χ0n) is 17.5. The first-order valence-corrected chi connectivity index (χ1v) is 11.1. The number of hydrogen-bond donors (Lipinski definition) is 2. The van der Waals surface area contributed by atoms with E-state index in [0.29, 0.717) is 15.6 Å². The molecule has 0 spiro atoms. The number of hydrogen-bond acceptors (Lipinski definition) is 4. The largest absolute Gasteiger partial charge is 0.394 e. The van der Waals surface area contributed by atoms with Crippen molar-refractivity contribution in [1.29, 1.82) is 0 Å². The molecule has 0 radical (unpaired) electrons. The Hall–Kier alpha value is -1.92. The summed E-state index contributed by atoms with van der Waals surface area (Å²) < 4.78 is 0. The molecule has 2 aromatic rings. The normalized spacial score (nSPS) is 19.7. The lowest BCUT2D eigenvalue weighted by Crippen LogP contribution is -2.45. The summed E-state index contributed by atoms with van der Waals surface area (Å²) in [6.45, 7) is 3.47. The van der Waals surface area contributed by atoms with E-state index in [0.717, 1.165) is 5.56 Å². The molecule has 0 saturated carbocycles. The number of aliphatic hydroxyl groups is 2. The third-order valence-electron chi connectivity index (χ3n) is 5.97. The SMILES string of the molecule is CC(C)[C@@H](CO)N1C(=O)CC(C[C@H](c2cccc(Cl)c2)[C@@H](O)c2ccc(Cl)cc2)C1=O. The molecule has 0 bridgehead atoms. The first-order valence-electron chi connectivity index (χ1n) is 10.4. The quantitative estimate of drug-likeness (QED) is 0.561. The van der Waals surface area contributed by atoms with Crippen LogP contribution in [-0.2, 0) is 9.59 Å². The highest BCUT2D eigenvalue weighted by molar-refractivity contribution is 6.30. The Bertz CT molecular complexity index is 931. The maximum absolute atomic E-state index is 13.1. The molecule has 7 heteroatoms. The van der Waals surface area contributed by atoms with Crippen molar-refractivity contribution in [3.63, 3.8) is 0 Å². The van der Waals surface area contributed by atoms with Crippen LogP contribution in [0.4, 0.5) is 0 Å². The van der Waals surface area contributed by atoms with Crippen molar-refractivity contribution in [3.8, 4) is 0 Å². The average molecular weight is 464 g/mol. The summed E-state index contributed by atoms with van der Waals surface area (Å²) in [5.41, 5.74) is 1.45. The molecule has 166 valence electrons. The number of benzene rings is 2. The standard InChI is InChI=1S/C24H27Cl2NO4/c1-14(2)21(13-28)27-22(29)12-17(24(27)31)11-20(16-4-3-5-19(26)10-16)23(30)15-6-8-18(25)9-7-15/h3-10,14,17,20-21,23,28,30H,11-13H2,1-2H3/t17?,20-,21-,23+/m1/s1. The minimum Gasteiger partial charge on any atom is -0.394 e. The second-order valence-electron chi connectivity index (χ2n) is 8.39. The molecule has 1 aliphatic heterocycles. The van der Waals surface area contributed by atoms with Crippen LogP contribution in [0.2, 0.25) is 10.0 Å². The van der Waals surface area contributed by atoms with Gasteiger partial charge in [-0.1, -0.05) is 61.3 Å². The molecule has 31 heavy (non-hydrogen) atoms. The molecule has 1 saturated heterocycles. The van der Waals surface area contributed by atoms with E-state index in [4.69, 9.17) is 23.2 Å². The molecule has 2 amide bonds. The van der Waals surface area contributed by atoms with Gasteiger partial charge in [-0.2, -0.15) is 0 Å². The summed E-state index contributed by atoms with van der Waals surface area (Å²) in [6.07, 6.45) is -0.570. The van der Waals surface area contributed by atoms with E-state index in [1.165, 1.54) is 4.90 Å². The van der Waals surface area contributed by atoms with Gasteiger partial charge < -0.3 is 10.2 Å². The summed E-state index contributed by atoms with van der Waals surface area (Å²) in [6, 6.07) is 13.5. The molecular formula is C24H27Cl2NO4. The minimum atomic E-state index is -0.911. The van der Waals surface area contributed by atoms with Gasteiger partial charge in [-0.25, -0.2) is 0 Å². The van der Waals surface area contributed by atoms with Crippen molar-refractivity contribution < 1.29 is 19.8 Å². The van der Waals surface area contributed by atoms with Crippen LogP contribution in [0, 0.1) is 11.8 Å². The number of carbonyl (C=O) groups excluding carboxylic acids is 2. The molecule has 1 aliphatic rings. The molecule has 2 aromatic carbocycles. The lowest BCUT2D eigenvalue weighted by molar-refractivity contribution is -0.144. The van der Waals surface area contributed by atoms with E-state index in [9.17, 15) is 19.8 Å². The van der Waals surface area contributed by atoms with Gasteiger partial charge in [0.2, 0.25) is 11.8 Å². The monoisotopic (exact) mass is 463 g/mol. The summed E-state index contributed by atoms with van der Waals surface area (Å²) >= 11 is 12.2. The van der Waals surface area contributed by atoms with E-state index >= 15 is 0 Å². The fourth-order valence-corrected chi connectivity index (χ4v) is 4.55. The number of amides is 2. The zero-order chi connectivity index (χ0) is 22.7. The van der Waals surface area contributed by atoms with Crippen molar-refractivity contribution in [2.45, 2.75) is 44.8 Å². The summed E-state index contributed by atoms with van der Waals surface area (Å²) in [4.78, 5) is 27.0. The summed E-state index contributed by atoms with van der Waals surface area (Å²) in [5.74, 6) is -1.67. The maximum Gasteiger partial charge on any atom is 0.233 e. The van der Waals surface area contributed by atoms with Crippen molar-refractivity contribution in [2.24, 2.45) is 11.8 Å². The van der Waals surface area contributed by atoms with Crippen LogP contribution in [0.1, 0.15) is 49.8 Å². The molecule has 4 atom stereocenters. The van der Waals surface area contributed by atoms with Gasteiger partial charge >= 0.3 is 0 Å². The van der Waals surface area contributed by atoms with Gasteiger partial charge in [0, 0.05) is 28.3 Å². The number of rotatable bonds is 8. The molecule has 1 unspecified atom stereocenters. The smallest absolute Gasteiger partial charge is 0.233 e. The van der Waals surface area contributed by atoms with E-state index in [1.54, 1.807) is 42.5 Å². The Labute approximate surface area is 192 Å². The number of aliphatic hydroxyl groups excluding tert-OH is 2. The molecule has 3 rings (SSSR count). The Morgan fingerprint density at radius 1 is 1.03 bits per heavy atom.